The van der Waals surface area contributed by atoms with Gasteiger partial charge in [0, 0.05) is 31.1 Å². The zero-order chi connectivity index (χ0) is 20.3. The molecule has 0 aromatic heterocycles. The number of rotatable bonds is 5. The Hall–Kier alpha value is -2.22. The summed E-state index contributed by atoms with van der Waals surface area (Å²) in [5, 5.41) is 3.00. The smallest absolute Gasteiger partial charge is 0.251 e. The third kappa shape index (κ3) is 4.37. The van der Waals surface area contributed by atoms with Crippen molar-refractivity contribution in [1.82, 2.24) is 9.62 Å². The van der Waals surface area contributed by atoms with Gasteiger partial charge in [0.2, 0.25) is 10.0 Å². The quantitative estimate of drug-likeness (QED) is 0.816. The van der Waals surface area contributed by atoms with Gasteiger partial charge in [-0.3, -0.25) is 4.79 Å². The molecule has 154 valence electrons. The van der Waals surface area contributed by atoms with E-state index in [4.69, 9.17) is 4.74 Å². The van der Waals surface area contributed by atoms with Crippen LogP contribution in [0.1, 0.15) is 40.2 Å². The van der Waals surface area contributed by atoms with Crippen molar-refractivity contribution in [2.75, 3.05) is 32.8 Å². The Morgan fingerprint density at radius 3 is 2.72 bits per heavy atom. The van der Waals surface area contributed by atoms with Crippen molar-refractivity contribution >= 4 is 15.9 Å². The van der Waals surface area contributed by atoms with Crippen molar-refractivity contribution in [3.05, 3.63) is 65.2 Å². The summed E-state index contributed by atoms with van der Waals surface area (Å²) in [6, 6.07) is 14.7. The maximum Gasteiger partial charge on any atom is 0.251 e. The van der Waals surface area contributed by atoms with Crippen molar-refractivity contribution in [3.63, 3.8) is 0 Å². The van der Waals surface area contributed by atoms with E-state index in [1.807, 2.05) is 6.07 Å². The van der Waals surface area contributed by atoms with Crippen molar-refractivity contribution in [2.24, 2.45) is 0 Å². The molecule has 0 spiro atoms. The zero-order valence-corrected chi connectivity index (χ0v) is 17.2. The van der Waals surface area contributed by atoms with Crippen LogP contribution in [0.4, 0.5) is 0 Å². The molecule has 4 rings (SSSR count). The number of morpholine rings is 1. The SMILES string of the molecule is O=C(NCC1CCCc2ccccc21)c1cccc(S(=O)(=O)N2CCOCC2)c1. The van der Waals surface area contributed by atoms with E-state index in [2.05, 4.69) is 23.5 Å². The molecule has 6 nitrogen and oxygen atoms in total. The van der Waals surface area contributed by atoms with E-state index in [0.29, 0.717) is 44.3 Å². The minimum absolute atomic E-state index is 0.148. The monoisotopic (exact) mass is 414 g/mol. The number of benzene rings is 2. The van der Waals surface area contributed by atoms with Crippen molar-refractivity contribution in [1.29, 1.82) is 0 Å². The van der Waals surface area contributed by atoms with Gasteiger partial charge in [0.25, 0.3) is 5.91 Å². The highest BCUT2D eigenvalue weighted by Gasteiger charge is 2.27. The van der Waals surface area contributed by atoms with E-state index >= 15 is 0 Å². The van der Waals surface area contributed by atoms with Gasteiger partial charge in [-0.2, -0.15) is 4.31 Å². The van der Waals surface area contributed by atoms with Gasteiger partial charge >= 0.3 is 0 Å². The van der Waals surface area contributed by atoms with Gasteiger partial charge in [0.15, 0.2) is 0 Å². The molecule has 1 atom stereocenters. The number of hydrogen-bond acceptors (Lipinski definition) is 4. The lowest BCUT2D eigenvalue weighted by Gasteiger charge is -2.26. The number of carbonyl (C=O) groups is 1. The minimum Gasteiger partial charge on any atom is -0.379 e. The molecule has 1 aliphatic carbocycles. The Bertz CT molecular complexity index is 984. The predicted octanol–water partition coefficient (Wildman–Crippen LogP) is 2.56. The van der Waals surface area contributed by atoms with E-state index < -0.39 is 10.0 Å². The van der Waals surface area contributed by atoms with Crippen LogP contribution in [0.2, 0.25) is 0 Å². The van der Waals surface area contributed by atoms with Crippen LogP contribution >= 0.6 is 0 Å². The first-order valence-corrected chi connectivity index (χ1v) is 11.5. The highest BCUT2D eigenvalue weighted by molar-refractivity contribution is 7.89. The zero-order valence-electron chi connectivity index (χ0n) is 16.3. The summed E-state index contributed by atoms with van der Waals surface area (Å²) in [6.45, 7) is 2.00. The molecule has 1 aliphatic heterocycles. The van der Waals surface area contributed by atoms with Gasteiger partial charge in [0.1, 0.15) is 0 Å². The molecule has 0 radical (unpaired) electrons. The number of carbonyl (C=O) groups excluding carboxylic acids is 1. The van der Waals surface area contributed by atoms with Crippen LogP contribution in [0, 0.1) is 0 Å². The fourth-order valence-electron chi connectivity index (χ4n) is 4.12. The summed E-state index contributed by atoms with van der Waals surface area (Å²) in [6.07, 6.45) is 3.25. The lowest BCUT2D eigenvalue weighted by Crippen LogP contribution is -2.40. The lowest BCUT2D eigenvalue weighted by molar-refractivity contribution is 0.0730. The summed E-state index contributed by atoms with van der Waals surface area (Å²) in [4.78, 5) is 12.9. The van der Waals surface area contributed by atoms with Gasteiger partial charge in [-0.05, 0) is 48.6 Å². The van der Waals surface area contributed by atoms with Crippen LogP contribution in [0.15, 0.2) is 53.4 Å². The molecule has 1 unspecified atom stereocenters. The Kier molecular flexibility index (Phi) is 5.99. The molecule has 29 heavy (non-hydrogen) atoms. The van der Waals surface area contributed by atoms with Crippen LogP contribution in [0.25, 0.3) is 0 Å². The number of ether oxygens (including phenoxy) is 1. The standard InChI is InChI=1S/C22H26N2O4S/c25-22(23-16-19-8-3-6-17-5-1-2-10-21(17)19)18-7-4-9-20(15-18)29(26,27)24-11-13-28-14-12-24/h1-2,4-5,7,9-10,15,19H,3,6,8,11-14,16H2,(H,23,25). The predicted molar refractivity (Wildman–Crippen MR) is 110 cm³/mol. The minimum atomic E-state index is -3.62. The van der Waals surface area contributed by atoms with Gasteiger partial charge in [-0.1, -0.05) is 30.3 Å². The molecular weight excluding hydrogens is 388 g/mol. The second-order valence-corrected chi connectivity index (χ2v) is 9.48. The molecule has 2 aliphatic rings. The molecule has 2 aromatic rings. The average molecular weight is 415 g/mol. The second-order valence-electron chi connectivity index (χ2n) is 7.54. The number of sulfonamides is 1. The van der Waals surface area contributed by atoms with Crippen LogP contribution in [-0.4, -0.2) is 51.5 Å². The van der Waals surface area contributed by atoms with Crippen LogP contribution < -0.4 is 5.32 Å². The summed E-state index contributed by atoms with van der Waals surface area (Å²) in [5.74, 6) is 0.0521. The van der Waals surface area contributed by atoms with Crippen molar-refractivity contribution in [3.8, 4) is 0 Å². The molecule has 2 aromatic carbocycles. The maximum absolute atomic E-state index is 12.8. The molecule has 1 saturated heterocycles. The Morgan fingerprint density at radius 2 is 1.90 bits per heavy atom. The van der Waals surface area contributed by atoms with Crippen LogP contribution in [0.3, 0.4) is 0 Å². The molecule has 7 heteroatoms. The summed E-state index contributed by atoms with van der Waals surface area (Å²) < 4.78 is 32.3. The first kappa shape index (κ1) is 20.1. The first-order chi connectivity index (χ1) is 14.1. The molecule has 1 N–H and O–H groups in total. The van der Waals surface area contributed by atoms with E-state index in [1.54, 1.807) is 18.2 Å². The largest absolute Gasteiger partial charge is 0.379 e. The fourth-order valence-corrected chi connectivity index (χ4v) is 5.57. The number of aryl methyl sites for hydroxylation is 1. The lowest BCUT2D eigenvalue weighted by atomic mass is 9.83. The molecular formula is C22H26N2O4S. The fraction of sp³-hybridized carbons (Fsp3) is 0.409. The van der Waals surface area contributed by atoms with Crippen LogP contribution in [-0.2, 0) is 21.2 Å². The van der Waals surface area contributed by atoms with Crippen molar-refractivity contribution < 1.29 is 17.9 Å². The molecule has 1 heterocycles. The van der Waals surface area contributed by atoms with E-state index in [9.17, 15) is 13.2 Å². The third-order valence-electron chi connectivity index (χ3n) is 5.71. The molecule has 0 bridgehead atoms. The van der Waals surface area contributed by atoms with Gasteiger partial charge in [-0.25, -0.2) is 8.42 Å². The van der Waals surface area contributed by atoms with E-state index in [-0.39, 0.29) is 10.8 Å². The normalized spacial score (nSPS) is 20.1. The highest BCUT2D eigenvalue weighted by atomic mass is 32.2. The number of fused-ring (bicyclic) bond motifs is 1. The summed E-state index contributed by atoms with van der Waals surface area (Å²) >= 11 is 0. The third-order valence-corrected chi connectivity index (χ3v) is 7.60. The van der Waals surface area contributed by atoms with Crippen LogP contribution in [0.5, 0.6) is 0 Å². The van der Waals surface area contributed by atoms with E-state index in [0.717, 1.165) is 19.3 Å². The second kappa shape index (κ2) is 8.65. The topological polar surface area (TPSA) is 75.7 Å². The number of nitrogens with zero attached hydrogens (tertiary/aromatic N) is 1. The number of amides is 1. The Morgan fingerprint density at radius 1 is 1.10 bits per heavy atom. The molecule has 0 saturated carbocycles. The first-order valence-electron chi connectivity index (χ1n) is 10.1. The Labute approximate surface area is 171 Å². The number of nitrogens with one attached hydrogen (secondary N) is 1. The van der Waals surface area contributed by atoms with Crippen molar-refractivity contribution in [2.45, 2.75) is 30.1 Å². The maximum atomic E-state index is 12.8. The van der Waals surface area contributed by atoms with Gasteiger partial charge < -0.3 is 10.1 Å². The van der Waals surface area contributed by atoms with E-state index in [1.165, 1.54) is 21.5 Å². The summed E-state index contributed by atoms with van der Waals surface area (Å²) in [7, 11) is -3.62. The average Bonchev–Trinajstić information content (AvgIpc) is 2.78. The van der Waals surface area contributed by atoms with Gasteiger partial charge in [0.05, 0.1) is 18.1 Å². The number of hydrogen-bond donors (Lipinski definition) is 1. The Balaban J connectivity index is 1.46. The highest BCUT2D eigenvalue weighted by Crippen LogP contribution is 2.30. The molecule has 1 amide bonds. The molecule has 1 fully saturated rings. The summed E-state index contributed by atoms with van der Waals surface area (Å²) in [5.41, 5.74) is 3.03. The van der Waals surface area contributed by atoms with Gasteiger partial charge in [-0.15, -0.1) is 0 Å².